The van der Waals surface area contributed by atoms with E-state index in [-0.39, 0.29) is 11.8 Å². The molecule has 1 atom stereocenters. The monoisotopic (exact) mass is 308 g/mol. The third-order valence-corrected chi connectivity index (χ3v) is 4.09. The number of benzene rings is 2. The summed E-state index contributed by atoms with van der Waals surface area (Å²) >= 11 is 0. The molecule has 4 heteroatoms. The molecule has 2 amide bonds. The van der Waals surface area contributed by atoms with Gasteiger partial charge in [-0.3, -0.25) is 9.59 Å². The van der Waals surface area contributed by atoms with Crippen LogP contribution in [0.1, 0.15) is 18.4 Å². The number of nitrogens with zero attached hydrogens (tertiary/aromatic N) is 1. The maximum atomic E-state index is 12.4. The van der Waals surface area contributed by atoms with Gasteiger partial charge in [0.1, 0.15) is 6.04 Å². The van der Waals surface area contributed by atoms with E-state index in [2.05, 4.69) is 5.32 Å². The molecule has 1 saturated heterocycles. The summed E-state index contributed by atoms with van der Waals surface area (Å²) in [5.74, 6) is -0.0913. The van der Waals surface area contributed by atoms with E-state index in [1.807, 2.05) is 60.7 Å². The van der Waals surface area contributed by atoms with Gasteiger partial charge in [-0.05, 0) is 30.5 Å². The van der Waals surface area contributed by atoms with Crippen LogP contribution < -0.4 is 10.2 Å². The molecule has 2 aromatic rings. The van der Waals surface area contributed by atoms with Crippen LogP contribution in [0.4, 0.5) is 5.69 Å². The highest BCUT2D eigenvalue weighted by atomic mass is 16.2. The van der Waals surface area contributed by atoms with E-state index in [4.69, 9.17) is 0 Å². The number of anilines is 1. The van der Waals surface area contributed by atoms with Crippen molar-refractivity contribution in [2.45, 2.75) is 25.3 Å². The van der Waals surface area contributed by atoms with Gasteiger partial charge >= 0.3 is 0 Å². The van der Waals surface area contributed by atoms with Crippen LogP contribution >= 0.6 is 0 Å². The molecule has 118 valence electrons. The highest BCUT2D eigenvalue weighted by Crippen LogP contribution is 2.21. The van der Waals surface area contributed by atoms with Gasteiger partial charge in [-0.15, -0.1) is 0 Å². The van der Waals surface area contributed by atoms with Gasteiger partial charge in [0.15, 0.2) is 0 Å². The Morgan fingerprint density at radius 2 is 1.70 bits per heavy atom. The van der Waals surface area contributed by atoms with Gasteiger partial charge in [0.25, 0.3) is 0 Å². The Kier molecular flexibility index (Phi) is 4.71. The van der Waals surface area contributed by atoms with E-state index in [1.54, 1.807) is 4.90 Å². The van der Waals surface area contributed by atoms with Crippen molar-refractivity contribution in [3.05, 3.63) is 66.2 Å². The summed E-state index contributed by atoms with van der Waals surface area (Å²) in [6, 6.07) is 19.1. The fraction of sp³-hybridized carbons (Fsp3) is 0.263. The first-order chi connectivity index (χ1) is 11.2. The summed E-state index contributed by atoms with van der Waals surface area (Å²) in [6.07, 6.45) is 1.75. The molecule has 0 aliphatic carbocycles. The summed E-state index contributed by atoms with van der Waals surface area (Å²) in [5.41, 5.74) is 2.02. The normalized spacial score (nSPS) is 17.3. The number of carbonyl (C=O) groups is 2. The van der Waals surface area contributed by atoms with Crippen LogP contribution in [0, 0.1) is 0 Å². The summed E-state index contributed by atoms with van der Waals surface area (Å²) in [5, 5.41) is 2.87. The molecule has 0 radical (unpaired) electrons. The van der Waals surface area contributed by atoms with Crippen LogP contribution in [0.25, 0.3) is 0 Å². The number of para-hydroxylation sites is 1. The number of carbonyl (C=O) groups excluding carboxylic acids is 2. The molecule has 0 aromatic heterocycles. The van der Waals surface area contributed by atoms with Gasteiger partial charge < -0.3 is 10.2 Å². The van der Waals surface area contributed by atoms with Crippen LogP contribution in [-0.4, -0.2) is 24.4 Å². The molecule has 1 aliphatic heterocycles. The zero-order chi connectivity index (χ0) is 16.1. The van der Waals surface area contributed by atoms with Crippen molar-refractivity contribution < 1.29 is 9.59 Å². The van der Waals surface area contributed by atoms with E-state index in [9.17, 15) is 9.59 Å². The van der Waals surface area contributed by atoms with Crippen molar-refractivity contribution in [2.24, 2.45) is 0 Å². The van der Waals surface area contributed by atoms with Gasteiger partial charge in [-0.25, -0.2) is 0 Å². The lowest BCUT2D eigenvalue weighted by Crippen LogP contribution is -2.41. The minimum atomic E-state index is -0.404. The maximum absolute atomic E-state index is 12.4. The lowest BCUT2D eigenvalue weighted by Gasteiger charge is -2.17. The first-order valence-electron chi connectivity index (χ1n) is 7.94. The van der Waals surface area contributed by atoms with Crippen molar-refractivity contribution in [1.82, 2.24) is 5.32 Å². The number of nitrogens with one attached hydrogen (secondary N) is 1. The molecule has 1 N–H and O–H groups in total. The third kappa shape index (κ3) is 3.77. The van der Waals surface area contributed by atoms with E-state index >= 15 is 0 Å². The predicted molar refractivity (Wildman–Crippen MR) is 90.1 cm³/mol. The highest BCUT2D eigenvalue weighted by molar-refractivity contribution is 6.01. The van der Waals surface area contributed by atoms with Gasteiger partial charge in [-0.2, -0.15) is 0 Å². The number of amides is 2. The minimum Gasteiger partial charge on any atom is -0.344 e. The molecule has 1 heterocycles. The van der Waals surface area contributed by atoms with Crippen LogP contribution in [-0.2, 0) is 16.0 Å². The zero-order valence-electron chi connectivity index (χ0n) is 12.9. The van der Waals surface area contributed by atoms with Crippen LogP contribution in [0.2, 0.25) is 0 Å². The topological polar surface area (TPSA) is 49.4 Å². The second-order valence-electron chi connectivity index (χ2n) is 5.72. The molecule has 0 saturated carbocycles. The lowest BCUT2D eigenvalue weighted by atomic mass is 10.1. The average molecular weight is 308 g/mol. The SMILES string of the molecule is O=C(CCc1ccccc1)N[C@@H]1CCN(c2ccccc2)C1=O. The fourth-order valence-electron chi connectivity index (χ4n) is 2.85. The van der Waals surface area contributed by atoms with Gasteiger partial charge in [0.05, 0.1) is 0 Å². The van der Waals surface area contributed by atoms with E-state index in [0.29, 0.717) is 25.8 Å². The Hall–Kier alpha value is -2.62. The first-order valence-corrected chi connectivity index (χ1v) is 7.94. The zero-order valence-corrected chi connectivity index (χ0v) is 12.9. The second-order valence-corrected chi connectivity index (χ2v) is 5.72. The number of aryl methyl sites for hydroxylation is 1. The van der Waals surface area contributed by atoms with Crippen molar-refractivity contribution in [3.8, 4) is 0 Å². The van der Waals surface area contributed by atoms with Crippen LogP contribution in [0.3, 0.4) is 0 Å². The number of hydrogen-bond acceptors (Lipinski definition) is 2. The molecule has 1 fully saturated rings. The minimum absolute atomic E-state index is 0.0238. The summed E-state index contributed by atoms with van der Waals surface area (Å²) in [6.45, 7) is 0.645. The van der Waals surface area contributed by atoms with Crippen molar-refractivity contribution in [1.29, 1.82) is 0 Å². The first kappa shape index (κ1) is 15.3. The number of rotatable bonds is 5. The third-order valence-electron chi connectivity index (χ3n) is 4.09. The van der Waals surface area contributed by atoms with Crippen LogP contribution in [0.15, 0.2) is 60.7 Å². The molecule has 23 heavy (non-hydrogen) atoms. The largest absolute Gasteiger partial charge is 0.344 e. The molecule has 1 aliphatic rings. The quantitative estimate of drug-likeness (QED) is 0.923. The van der Waals surface area contributed by atoms with Gasteiger partial charge in [0.2, 0.25) is 11.8 Å². The Balaban J connectivity index is 1.52. The van der Waals surface area contributed by atoms with E-state index in [1.165, 1.54) is 0 Å². The Bertz CT molecular complexity index is 670. The standard InChI is InChI=1S/C19H20N2O2/c22-18(12-11-15-7-3-1-4-8-15)20-17-13-14-21(19(17)23)16-9-5-2-6-10-16/h1-10,17H,11-14H2,(H,20,22)/t17-/m1/s1. The predicted octanol–water partition coefficient (Wildman–Crippen LogP) is 2.54. The van der Waals surface area contributed by atoms with E-state index < -0.39 is 6.04 Å². The van der Waals surface area contributed by atoms with Gasteiger partial charge in [0, 0.05) is 18.7 Å². The summed E-state index contributed by atoms with van der Waals surface area (Å²) in [7, 11) is 0. The highest BCUT2D eigenvalue weighted by Gasteiger charge is 2.33. The summed E-state index contributed by atoms with van der Waals surface area (Å²) < 4.78 is 0. The second kappa shape index (κ2) is 7.09. The number of hydrogen-bond donors (Lipinski definition) is 1. The molecule has 0 bridgehead atoms. The molecular formula is C19H20N2O2. The average Bonchev–Trinajstić information content (AvgIpc) is 2.95. The lowest BCUT2D eigenvalue weighted by molar-refractivity contribution is -0.126. The van der Waals surface area contributed by atoms with Crippen LogP contribution in [0.5, 0.6) is 0 Å². The Morgan fingerprint density at radius 3 is 2.39 bits per heavy atom. The van der Waals surface area contributed by atoms with E-state index in [0.717, 1.165) is 11.3 Å². The molecule has 3 rings (SSSR count). The molecular weight excluding hydrogens is 288 g/mol. The smallest absolute Gasteiger partial charge is 0.249 e. The van der Waals surface area contributed by atoms with Crippen molar-refractivity contribution in [3.63, 3.8) is 0 Å². The van der Waals surface area contributed by atoms with Crippen molar-refractivity contribution in [2.75, 3.05) is 11.4 Å². The van der Waals surface area contributed by atoms with Gasteiger partial charge in [-0.1, -0.05) is 48.5 Å². The maximum Gasteiger partial charge on any atom is 0.249 e. The molecule has 2 aromatic carbocycles. The van der Waals surface area contributed by atoms with Crippen molar-refractivity contribution >= 4 is 17.5 Å². The molecule has 0 spiro atoms. The molecule has 4 nitrogen and oxygen atoms in total. The fourth-order valence-corrected chi connectivity index (χ4v) is 2.85. The molecule has 0 unspecified atom stereocenters. The summed E-state index contributed by atoms with van der Waals surface area (Å²) in [4.78, 5) is 26.2. The Labute approximate surface area is 136 Å². The Morgan fingerprint density at radius 1 is 1.04 bits per heavy atom.